The van der Waals surface area contributed by atoms with Gasteiger partial charge in [0.05, 0.1) is 44.0 Å². The summed E-state index contributed by atoms with van der Waals surface area (Å²) in [6.45, 7) is 1.41. The molecule has 33 heavy (non-hydrogen) atoms. The monoisotopic (exact) mass is 441 g/mol. The van der Waals surface area contributed by atoms with Crippen LogP contribution in [0.15, 0.2) is 96.7 Å². The number of benzene rings is 4. The molecule has 0 aliphatic heterocycles. The van der Waals surface area contributed by atoms with Crippen molar-refractivity contribution < 1.29 is 21.9 Å². The summed E-state index contributed by atoms with van der Waals surface area (Å²) in [5.41, 5.74) is -1.13. The molecule has 7 aromatic rings. The normalized spacial score (nSPS) is 18.6. The Balaban J connectivity index is 1.74. The average Bonchev–Trinajstić information content (AvgIpc) is 3.63. The number of hydrogen-bond acceptors (Lipinski definition) is 3. The molecule has 0 aliphatic rings. The van der Waals surface area contributed by atoms with Crippen LogP contribution in [0.5, 0.6) is 0 Å². The summed E-state index contributed by atoms with van der Waals surface area (Å²) in [5.74, 6) is -0.878. The number of aryl methyl sites for hydroxylation is 1. The number of rotatable bonds is 2. The molecule has 0 saturated heterocycles. The Morgan fingerprint density at radius 1 is 0.485 bits per heavy atom. The minimum Gasteiger partial charge on any atom is -0.278 e. The molecule has 0 unspecified atom stereocenters. The zero-order valence-electron chi connectivity index (χ0n) is 32.7. The summed E-state index contributed by atoms with van der Waals surface area (Å²) >= 11 is 0. The van der Waals surface area contributed by atoms with Gasteiger partial charge in [0.1, 0.15) is 5.82 Å². The van der Waals surface area contributed by atoms with E-state index in [1.54, 1.807) is 0 Å². The SMILES string of the molecule is [2H]c1c([2H])c([2H])c2c(c1[2H])c1c([2H])c([2H])c([2H])c([2H])c1n2-c1nc(C)nc(-n2c3c([2H])c([2H])c([2H])c([2H])c3c3c([2H])c([2H])c([2H])c([2H])c32)n1. The van der Waals surface area contributed by atoms with E-state index in [-0.39, 0.29) is 49.4 Å². The highest BCUT2D eigenvalue weighted by molar-refractivity contribution is 6.10. The molecule has 0 saturated carbocycles. The minimum absolute atomic E-state index is 0.0617. The fourth-order valence-corrected chi connectivity index (χ4v) is 3.90. The van der Waals surface area contributed by atoms with Crippen LogP contribution < -0.4 is 0 Å². The average molecular weight is 442 g/mol. The first-order valence-electron chi connectivity index (χ1n) is 17.7. The van der Waals surface area contributed by atoms with E-state index in [0.29, 0.717) is 0 Å². The summed E-state index contributed by atoms with van der Waals surface area (Å²) in [6.07, 6.45) is 0. The van der Waals surface area contributed by atoms with E-state index in [9.17, 15) is 0 Å². The summed E-state index contributed by atoms with van der Waals surface area (Å²) < 4.78 is 138. The molecule has 5 heteroatoms. The van der Waals surface area contributed by atoms with Gasteiger partial charge in [-0.05, 0) is 31.1 Å². The van der Waals surface area contributed by atoms with Crippen molar-refractivity contribution in [2.24, 2.45) is 0 Å². The van der Waals surface area contributed by atoms with Crippen LogP contribution in [0.2, 0.25) is 0 Å². The summed E-state index contributed by atoms with van der Waals surface area (Å²) in [7, 11) is 0. The van der Waals surface area contributed by atoms with Gasteiger partial charge in [-0.2, -0.15) is 15.0 Å². The molecule has 4 aromatic carbocycles. The lowest BCUT2D eigenvalue weighted by Gasteiger charge is -2.11. The fourth-order valence-electron chi connectivity index (χ4n) is 3.90. The summed E-state index contributed by atoms with van der Waals surface area (Å²) in [6, 6.07) is -10.0. The van der Waals surface area contributed by atoms with Crippen molar-refractivity contribution in [3.63, 3.8) is 0 Å². The highest BCUT2D eigenvalue weighted by Crippen LogP contribution is 2.33. The largest absolute Gasteiger partial charge is 0.278 e. The van der Waals surface area contributed by atoms with Crippen LogP contribution in [0.1, 0.15) is 27.8 Å². The van der Waals surface area contributed by atoms with Gasteiger partial charge in [-0.15, -0.1) is 0 Å². The third-order valence-corrected chi connectivity index (χ3v) is 5.19. The molecule has 0 N–H and O–H groups in total. The van der Waals surface area contributed by atoms with Gasteiger partial charge in [0, 0.05) is 21.5 Å². The number of hydrogen-bond donors (Lipinski definition) is 0. The van der Waals surface area contributed by atoms with E-state index >= 15 is 0 Å². The van der Waals surface area contributed by atoms with Crippen LogP contribution in [0, 0.1) is 6.92 Å². The van der Waals surface area contributed by atoms with Gasteiger partial charge in [0.25, 0.3) is 0 Å². The van der Waals surface area contributed by atoms with Gasteiger partial charge in [-0.1, -0.05) is 72.5 Å². The highest BCUT2D eigenvalue weighted by atomic mass is 15.3. The highest BCUT2D eigenvalue weighted by Gasteiger charge is 2.18. The van der Waals surface area contributed by atoms with E-state index in [4.69, 9.17) is 21.9 Å². The van der Waals surface area contributed by atoms with Gasteiger partial charge in [0.2, 0.25) is 11.9 Å². The lowest BCUT2D eigenvalue weighted by atomic mass is 10.2. The van der Waals surface area contributed by atoms with Crippen molar-refractivity contribution >= 4 is 43.6 Å². The Bertz CT molecular complexity index is 2360. The summed E-state index contributed by atoms with van der Waals surface area (Å²) in [4.78, 5) is 13.2. The number of nitrogens with zero attached hydrogens (tertiary/aromatic N) is 5. The van der Waals surface area contributed by atoms with Crippen molar-refractivity contribution in [1.82, 2.24) is 24.1 Å². The van der Waals surface area contributed by atoms with E-state index in [0.717, 1.165) is 9.13 Å². The molecule has 0 amide bonds. The summed E-state index contributed by atoms with van der Waals surface area (Å²) in [5, 5.41) is -0.916. The van der Waals surface area contributed by atoms with Crippen molar-refractivity contribution in [3.05, 3.63) is 103 Å². The predicted octanol–water partition coefficient (Wildman–Crippen LogP) is 6.37. The minimum atomic E-state index is -0.669. The third-order valence-electron chi connectivity index (χ3n) is 5.19. The van der Waals surface area contributed by atoms with E-state index in [2.05, 4.69) is 15.0 Å². The van der Waals surface area contributed by atoms with E-state index in [1.807, 2.05) is 0 Å². The molecule has 5 nitrogen and oxygen atoms in total. The zero-order chi connectivity index (χ0) is 35.9. The van der Waals surface area contributed by atoms with Crippen LogP contribution in [0.3, 0.4) is 0 Å². The van der Waals surface area contributed by atoms with Gasteiger partial charge in [-0.25, -0.2) is 0 Å². The maximum absolute atomic E-state index is 8.78. The Labute approximate surface area is 212 Å². The smallest absolute Gasteiger partial charge is 0.239 e. The zero-order valence-corrected chi connectivity index (χ0v) is 16.7. The number of fused-ring (bicyclic) bond motifs is 6. The second kappa shape index (κ2) is 6.74. The maximum Gasteiger partial charge on any atom is 0.239 e. The Hall–Kier alpha value is -4.51. The quantitative estimate of drug-likeness (QED) is 0.313. The first-order valence-corrected chi connectivity index (χ1v) is 9.68. The van der Waals surface area contributed by atoms with Gasteiger partial charge in [-0.3, -0.25) is 9.13 Å². The second-order valence-corrected chi connectivity index (χ2v) is 7.05. The van der Waals surface area contributed by atoms with Gasteiger partial charge >= 0.3 is 0 Å². The van der Waals surface area contributed by atoms with Crippen molar-refractivity contribution in [1.29, 1.82) is 0 Å². The van der Waals surface area contributed by atoms with Gasteiger partial charge in [0.15, 0.2) is 0 Å². The van der Waals surface area contributed by atoms with E-state index < -0.39 is 109 Å². The maximum atomic E-state index is 8.78. The van der Waals surface area contributed by atoms with Crippen LogP contribution in [-0.4, -0.2) is 24.1 Å². The first-order chi connectivity index (χ1) is 22.9. The lowest BCUT2D eigenvalue weighted by Crippen LogP contribution is -2.10. The molecule has 0 spiro atoms. The topological polar surface area (TPSA) is 48.5 Å². The molecule has 3 heterocycles. The molecule has 156 valence electrons. The molecule has 0 aliphatic carbocycles. The number of aromatic nitrogens is 5. The third kappa shape index (κ3) is 2.56. The van der Waals surface area contributed by atoms with Crippen molar-refractivity contribution in [2.45, 2.75) is 6.92 Å². The van der Waals surface area contributed by atoms with Crippen molar-refractivity contribution in [2.75, 3.05) is 0 Å². The second-order valence-electron chi connectivity index (χ2n) is 7.05. The van der Waals surface area contributed by atoms with Gasteiger partial charge < -0.3 is 0 Å². The first kappa shape index (κ1) is 8.45. The predicted molar refractivity (Wildman–Crippen MR) is 133 cm³/mol. The van der Waals surface area contributed by atoms with Crippen LogP contribution in [-0.2, 0) is 0 Å². The van der Waals surface area contributed by atoms with Crippen LogP contribution in [0.25, 0.3) is 55.5 Å². The molecule has 0 atom stereocenters. The lowest BCUT2D eigenvalue weighted by molar-refractivity contribution is 0.855. The molecular formula is C28H19N5. The molecule has 0 radical (unpaired) electrons. The van der Waals surface area contributed by atoms with Crippen molar-refractivity contribution in [3.8, 4) is 11.9 Å². The van der Waals surface area contributed by atoms with E-state index in [1.165, 1.54) is 6.92 Å². The van der Waals surface area contributed by atoms with Crippen LogP contribution >= 0.6 is 0 Å². The Morgan fingerprint density at radius 2 is 0.788 bits per heavy atom. The fraction of sp³-hybridized carbons (Fsp3) is 0.0357. The standard InChI is InChI=1S/C28H19N5/c1-18-29-27(32-23-14-6-2-10-19(23)20-11-3-7-15-24(20)32)31-28(30-18)33-25-16-8-4-12-21(25)22-13-5-9-17-26(22)33/h2-17H,1H3/i2D,3D,4D,5D,6D,7D,8D,9D,10D,11D,12D,13D,14D,15D,16D,17D. The molecule has 0 bridgehead atoms. The molecule has 7 rings (SSSR count). The number of para-hydroxylation sites is 4. The Kier molecular flexibility index (Phi) is 1.73. The molecular weight excluding hydrogens is 406 g/mol. The molecule has 0 fully saturated rings. The molecule has 3 aromatic heterocycles. The Morgan fingerprint density at radius 3 is 1.12 bits per heavy atom. The van der Waals surface area contributed by atoms with Crippen LogP contribution in [0.4, 0.5) is 0 Å².